The number of unbranched alkanes of at least 4 members (excludes halogenated alkanes) is 1. The number of aromatic nitrogens is 1. The highest BCUT2D eigenvalue weighted by atomic mass is 32.3. The van der Waals surface area contributed by atoms with Crippen molar-refractivity contribution in [1.82, 2.24) is 42.2 Å². The van der Waals surface area contributed by atoms with Gasteiger partial charge >= 0.3 is 22.5 Å². The van der Waals surface area contributed by atoms with Crippen LogP contribution in [0.15, 0.2) is 85.1 Å². The maximum Gasteiger partial charge on any atom is 0.446 e. The molecule has 0 spiro atoms. The maximum atomic E-state index is 14.3. The second-order valence-corrected chi connectivity index (χ2v) is 20.2. The fourth-order valence-corrected chi connectivity index (χ4v) is 8.27. The predicted octanol–water partition coefficient (Wildman–Crippen LogP) is 2.86. The number of rotatable bonds is 29. The molecule has 0 saturated carbocycles. The smallest absolute Gasteiger partial charge is 0.446 e. The number of aromatic amines is 1. The largest absolute Gasteiger partial charge is 0.481 e. The van der Waals surface area contributed by atoms with E-state index in [-0.39, 0.29) is 38.0 Å². The number of para-hydroxylation sites is 1. The molecule has 402 valence electrons. The number of aliphatic carboxylic acids is 1. The molecule has 0 fully saturated rings. The number of amides is 7. The van der Waals surface area contributed by atoms with Gasteiger partial charge in [0.2, 0.25) is 35.4 Å². The molecule has 3 aromatic carbocycles. The van der Waals surface area contributed by atoms with Crippen molar-refractivity contribution in [3.63, 3.8) is 0 Å². The molecule has 4 aromatic rings. The standard InChI is InChI=1S/C50H66N8O14S2/c1-6-7-16-37(46(64)57-41(28-43(60)61)45(63)51-24-22-31-13-9-8-10-14-31)55-48(66)40(27-33-29-52-36-17-12-11-15-35(33)36)54-42(59)30-53-44(62)38(23-25-73-5)56-47(65)39(58-49(67)71-50(2,3)4)26-32-18-20-34(21-19-32)72-74(68,69)70/h8-15,17-21,29,37-41,52H,6-7,16,22-28,30H2,1-5H3,(H,51,63)(H,53,62)(H,54,59)(H,55,66)(H,56,65)(H,57,64)(H,58,67)(H,60,61)(H,68,69,70)/t37-,38-,39-,40+,41-/m0/s1. The van der Waals surface area contributed by atoms with Crippen LogP contribution in [0, 0.1) is 0 Å². The van der Waals surface area contributed by atoms with Crippen LogP contribution < -0.4 is 41.4 Å². The third-order valence-electron chi connectivity index (χ3n) is 11.0. The zero-order valence-corrected chi connectivity index (χ0v) is 43.5. The van der Waals surface area contributed by atoms with E-state index in [9.17, 15) is 51.9 Å². The minimum absolute atomic E-state index is 0.0800. The summed E-state index contributed by atoms with van der Waals surface area (Å²) in [7, 11) is -4.81. The van der Waals surface area contributed by atoms with E-state index in [0.717, 1.165) is 16.5 Å². The van der Waals surface area contributed by atoms with Crippen LogP contribution in [0.4, 0.5) is 4.79 Å². The van der Waals surface area contributed by atoms with Gasteiger partial charge < -0.3 is 56.2 Å². The summed E-state index contributed by atoms with van der Waals surface area (Å²) in [6, 6.07) is 15.1. The lowest BCUT2D eigenvalue weighted by Crippen LogP contribution is -2.58. The van der Waals surface area contributed by atoms with E-state index in [0.29, 0.717) is 36.1 Å². The van der Waals surface area contributed by atoms with Gasteiger partial charge in [-0.05, 0) is 86.9 Å². The van der Waals surface area contributed by atoms with Gasteiger partial charge in [-0.1, -0.05) is 80.4 Å². The summed E-state index contributed by atoms with van der Waals surface area (Å²) in [6.07, 6.45) is 3.20. The van der Waals surface area contributed by atoms with Gasteiger partial charge in [0.1, 0.15) is 41.6 Å². The SMILES string of the molecule is CCCC[C@H](NC(=O)[C@@H](Cc1c[nH]c2ccccc12)NC(=O)CNC(=O)[C@H](CCSC)NC(=O)[C@H](Cc1ccc(OS(=O)(=O)O)cc1)NC(=O)OC(C)(C)C)C(=O)N[C@@H](CC(=O)O)C(=O)NCCc1ccccc1. The molecule has 1 heterocycles. The third-order valence-corrected chi connectivity index (χ3v) is 12.1. The fraction of sp³-hybridized carbons (Fsp3) is 0.440. The zero-order valence-electron chi connectivity index (χ0n) is 41.9. The van der Waals surface area contributed by atoms with E-state index in [1.807, 2.05) is 55.5 Å². The number of carboxylic acid groups (broad SMARTS) is 1. The monoisotopic (exact) mass is 1070 g/mol. The van der Waals surface area contributed by atoms with Crippen molar-refractivity contribution in [3.05, 3.63) is 102 Å². The minimum Gasteiger partial charge on any atom is -0.481 e. The van der Waals surface area contributed by atoms with Gasteiger partial charge in [-0.25, -0.2) is 4.79 Å². The molecule has 0 unspecified atom stereocenters. The van der Waals surface area contributed by atoms with Crippen molar-refractivity contribution in [2.24, 2.45) is 0 Å². The first-order valence-corrected chi connectivity index (χ1v) is 26.6. The van der Waals surface area contributed by atoms with Crippen molar-refractivity contribution in [1.29, 1.82) is 0 Å². The molecular weight excluding hydrogens is 1000 g/mol. The summed E-state index contributed by atoms with van der Waals surface area (Å²) in [5.74, 6) is -5.92. The number of carbonyl (C=O) groups excluding carboxylic acids is 7. The molecule has 22 nitrogen and oxygen atoms in total. The van der Waals surface area contributed by atoms with Gasteiger partial charge in [-0.2, -0.15) is 20.2 Å². The average Bonchev–Trinajstić information content (AvgIpc) is 3.74. The number of carbonyl (C=O) groups is 8. The van der Waals surface area contributed by atoms with Gasteiger partial charge in [0, 0.05) is 36.5 Å². The topological polar surface area (TPSA) is 330 Å². The van der Waals surface area contributed by atoms with Gasteiger partial charge in [0.25, 0.3) is 0 Å². The van der Waals surface area contributed by atoms with Crippen LogP contribution in [0.1, 0.15) is 76.5 Å². The molecule has 0 aliphatic carbocycles. The second kappa shape index (κ2) is 28.9. The van der Waals surface area contributed by atoms with Crippen LogP contribution in [0.5, 0.6) is 5.75 Å². The summed E-state index contributed by atoms with van der Waals surface area (Å²) in [4.78, 5) is 111. The molecule has 0 aliphatic heterocycles. The molecule has 0 bridgehead atoms. The first kappa shape index (κ1) is 59.4. The minimum atomic E-state index is -4.81. The third kappa shape index (κ3) is 21.1. The first-order chi connectivity index (χ1) is 35.0. The number of nitrogens with one attached hydrogen (secondary N) is 8. The molecule has 24 heteroatoms. The lowest BCUT2D eigenvalue weighted by Gasteiger charge is -2.26. The van der Waals surface area contributed by atoms with E-state index in [4.69, 9.17) is 9.29 Å². The zero-order chi connectivity index (χ0) is 54.4. The summed E-state index contributed by atoms with van der Waals surface area (Å²) < 4.78 is 41.2. The highest BCUT2D eigenvalue weighted by Crippen LogP contribution is 2.20. The van der Waals surface area contributed by atoms with Crippen molar-refractivity contribution < 1.29 is 65.4 Å². The Bertz CT molecular complexity index is 2660. The van der Waals surface area contributed by atoms with Gasteiger partial charge in [0.05, 0.1) is 13.0 Å². The molecule has 4 rings (SSSR count). The van der Waals surface area contributed by atoms with E-state index in [2.05, 4.69) is 46.4 Å². The summed E-state index contributed by atoms with van der Waals surface area (Å²) in [5, 5.41) is 28.6. The number of thioether (sulfide) groups is 1. The Kier molecular flexibility index (Phi) is 23.2. The Morgan fingerprint density at radius 2 is 1.28 bits per heavy atom. The molecule has 0 saturated heterocycles. The molecule has 0 radical (unpaired) electrons. The van der Waals surface area contributed by atoms with Crippen molar-refractivity contribution >= 4 is 80.6 Å². The number of ether oxygens (including phenoxy) is 1. The number of fused-ring (bicyclic) bond motifs is 1. The highest BCUT2D eigenvalue weighted by molar-refractivity contribution is 7.98. The van der Waals surface area contributed by atoms with Crippen LogP contribution in [0.3, 0.4) is 0 Å². The van der Waals surface area contributed by atoms with E-state index in [1.54, 1.807) is 39.3 Å². The lowest BCUT2D eigenvalue weighted by atomic mass is 10.0. The molecule has 74 heavy (non-hydrogen) atoms. The lowest BCUT2D eigenvalue weighted by molar-refractivity contribution is -0.141. The van der Waals surface area contributed by atoms with E-state index in [1.165, 1.54) is 36.0 Å². The first-order valence-electron chi connectivity index (χ1n) is 23.8. The highest BCUT2D eigenvalue weighted by Gasteiger charge is 2.33. The van der Waals surface area contributed by atoms with Crippen molar-refractivity contribution in [2.75, 3.05) is 25.1 Å². The number of hydrogen-bond acceptors (Lipinski definition) is 13. The molecule has 10 N–H and O–H groups in total. The Hall–Kier alpha value is -7.18. The summed E-state index contributed by atoms with van der Waals surface area (Å²) in [6.45, 7) is 6.22. The van der Waals surface area contributed by atoms with E-state index < -0.39 is 107 Å². The van der Waals surface area contributed by atoms with Gasteiger partial charge in [-0.15, -0.1) is 0 Å². The average molecular weight is 1070 g/mol. The number of alkyl carbamates (subject to hydrolysis) is 1. The van der Waals surface area contributed by atoms with Crippen LogP contribution in [-0.2, 0) is 68.0 Å². The van der Waals surface area contributed by atoms with Crippen LogP contribution in [0.25, 0.3) is 10.9 Å². The maximum absolute atomic E-state index is 14.3. The number of benzene rings is 3. The number of carboxylic acids is 1. The summed E-state index contributed by atoms with van der Waals surface area (Å²) in [5.41, 5.74) is 1.77. The van der Waals surface area contributed by atoms with Crippen LogP contribution >= 0.6 is 11.8 Å². The van der Waals surface area contributed by atoms with Crippen molar-refractivity contribution in [2.45, 2.75) is 115 Å². The molecule has 0 aliphatic rings. The summed E-state index contributed by atoms with van der Waals surface area (Å²) >= 11 is 1.37. The van der Waals surface area contributed by atoms with Crippen LogP contribution in [-0.4, -0.2) is 131 Å². The molecular formula is C50H66N8O14S2. The predicted molar refractivity (Wildman–Crippen MR) is 276 cm³/mol. The fourth-order valence-electron chi connectivity index (χ4n) is 7.44. The van der Waals surface area contributed by atoms with Gasteiger partial charge in [0.15, 0.2) is 0 Å². The Labute approximate surface area is 434 Å². The Balaban J connectivity index is 1.51. The van der Waals surface area contributed by atoms with Gasteiger partial charge in [-0.3, -0.25) is 38.1 Å². The van der Waals surface area contributed by atoms with Crippen molar-refractivity contribution in [3.8, 4) is 5.75 Å². The Morgan fingerprint density at radius 3 is 1.91 bits per heavy atom. The normalized spacial score (nSPS) is 13.4. The Morgan fingerprint density at radius 1 is 0.689 bits per heavy atom. The number of hydrogen-bond donors (Lipinski definition) is 10. The van der Waals surface area contributed by atoms with E-state index >= 15 is 0 Å². The van der Waals surface area contributed by atoms with Crippen LogP contribution in [0.2, 0.25) is 0 Å². The molecule has 5 atom stereocenters. The number of H-pyrrole nitrogens is 1. The quantitative estimate of drug-likeness (QED) is 0.0350. The molecule has 7 amide bonds. The molecule has 1 aromatic heterocycles. The second-order valence-electron chi connectivity index (χ2n) is 18.2.